The Hall–Kier alpha value is -3.12. The highest BCUT2D eigenvalue weighted by Gasteiger charge is 2.11. The van der Waals surface area contributed by atoms with E-state index in [1.54, 1.807) is 37.4 Å². The highest BCUT2D eigenvalue weighted by Crippen LogP contribution is 2.22. The van der Waals surface area contributed by atoms with Crippen LogP contribution in [0.4, 0.5) is 0 Å². The molecule has 0 saturated heterocycles. The molecule has 25 heavy (non-hydrogen) atoms. The molecular formula is C19H17NO5. The van der Waals surface area contributed by atoms with Crippen LogP contribution in [0.1, 0.15) is 21.7 Å². The second-order valence-corrected chi connectivity index (χ2v) is 5.34. The Labute approximate surface area is 144 Å². The van der Waals surface area contributed by atoms with Gasteiger partial charge in [-0.3, -0.25) is 0 Å². The first-order valence-corrected chi connectivity index (χ1v) is 7.66. The largest absolute Gasteiger partial charge is 0.497 e. The number of hydrogen-bond donors (Lipinski definition) is 1. The van der Waals surface area contributed by atoms with Gasteiger partial charge in [-0.2, -0.15) is 0 Å². The maximum atomic E-state index is 12.0. The fraction of sp³-hybridized carbons (Fsp3) is 0.158. The summed E-state index contributed by atoms with van der Waals surface area (Å²) in [6, 6.07) is 15.7. The Morgan fingerprint density at radius 1 is 1.12 bits per heavy atom. The molecule has 0 unspecified atom stereocenters. The van der Waals surface area contributed by atoms with E-state index in [2.05, 4.69) is 5.16 Å². The standard InChI is InChI=1S/C19H17NO5/c1-23-16-8-6-14(7-9-16)18-10-17(25-20-18)12-24-19(22)15-4-2-13(11-21)3-5-15/h2-10,21H,11-12H2,1H3. The van der Waals surface area contributed by atoms with Crippen LogP contribution in [-0.4, -0.2) is 23.3 Å². The summed E-state index contributed by atoms with van der Waals surface area (Å²) < 4.78 is 15.5. The van der Waals surface area contributed by atoms with Crippen LogP contribution in [0.15, 0.2) is 59.1 Å². The molecule has 1 heterocycles. The minimum Gasteiger partial charge on any atom is -0.497 e. The smallest absolute Gasteiger partial charge is 0.338 e. The first-order chi connectivity index (χ1) is 12.2. The van der Waals surface area contributed by atoms with E-state index in [4.69, 9.17) is 19.1 Å². The number of carbonyl (C=O) groups excluding carboxylic acids is 1. The summed E-state index contributed by atoms with van der Waals surface area (Å²) in [5, 5.41) is 13.0. The summed E-state index contributed by atoms with van der Waals surface area (Å²) in [7, 11) is 1.61. The first kappa shape index (κ1) is 16.7. The molecule has 3 aromatic rings. The van der Waals surface area contributed by atoms with Crippen molar-refractivity contribution in [3.8, 4) is 17.0 Å². The van der Waals surface area contributed by atoms with Gasteiger partial charge in [0.2, 0.25) is 0 Å². The highest BCUT2D eigenvalue weighted by molar-refractivity contribution is 5.89. The van der Waals surface area contributed by atoms with Crippen molar-refractivity contribution in [3.63, 3.8) is 0 Å². The van der Waals surface area contributed by atoms with Crippen molar-refractivity contribution in [1.29, 1.82) is 0 Å². The number of aliphatic hydroxyl groups excluding tert-OH is 1. The molecule has 6 nitrogen and oxygen atoms in total. The molecule has 1 N–H and O–H groups in total. The molecule has 0 aliphatic carbocycles. The number of methoxy groups -OCH3 is 1. The summed E-state index contributed by atoms with van der Waals surface area (Å²) in [5.41, 5.74) is 2.67. The molecule has 0 radical (unpaired) electrons. The molecular weight excluding hydrogens is 322 g/mol. The first-order valence-electron chi connectivity index (χ1n) is 7.66. The van der Waals surface area contributed by atoms with Crippen LogP contribution in [0, 0.1) is 0 Å². The number of ether oxygens (including phenoxy) is 2. The van der Waals surface area contributed by atoms with Crippen LogP contribution in [0.3, 0.4) is 0 Å². The molecule has 2 aromatic carbocycles. The monoisotopic (exact) mass is 339 g/mol. The van der Waals surface area contributed by atoms with Gasteiger partial charge in [0.05, 0.1) is 19.3 Å². The van der Waals surface area contributed by atoms with Gasteiger partial charge < -0.3 is 19.1 Å². The Morgan fingerprint density at radius 3 is 2.48 bits per heavy atom. The van der Waals surface area contributed by atoms with Gasteiger partial charge in [-0.25, -0.2) is 4.79 Å². The van der Waals surface area contributed by atoms with Gasteiger partial charge in [-0.15, -0.1) is 0 Å². The summed E-state index contributed by atoms with van der Waals surface area (Å²) >= 11 is 0. The molecule has 1 aromatic heterocycles. The third-order valence-electron chi connectivity index (χ3n) is 3.66. The van der Waals surface area contributed by atoms with E-state index < -0.39 is 5.97 Å². The lowest BCUT2D eigenvalue weighted by atomic mass is 10.1. The van der Waals surface area contributed by atoms with Crippen LogP contribution in [-0.2, 0) is 18.0 Å². The summed E-state index contributed by atoms with van der Waals surface area (Å²) in [4.78, 5) is 12.0. The molecule has 0 spiro atoms. The molecule has 0 aliphatic heterocycles. The lowest BCUT2D eigenvalue weighted by Crippen LogP contribution is -2.04. The van der Waals surface area contributed by atoms with Crippen LogP contribution in [0.5, 0.6) is 5.75 Å². The van der Waals surface area contributed by atoms with Crippen LogP contribution >= 0.6 is 0 Å². The van der Waals surface area contributed by atoms with E-state index in [1.165, 1.54) is 0 Å². The molecule has 128 valence electrons. The van der Waals surface area contributed by atoms with Gasteiger partial charge in [0, 0.05) is 11.6 Å². The van der Waals surface area contributed by atoms with E-state index in [-0.39, 0.29) is 13.2 Å². The van der Waals surface area contributed by atoms with Gasteiger partial charge in [0.15, 0.2) is 12.4 Å². The molecule has 0 fully saturated rings. The van der Waals surface area contributed by atoms with Crippen molar-refractivity contribution in [3.05, 3.63) is 71.5 Å². The number of esters is 1. The number of aromatic nitrogens is 1. The second kappa shape index (κ2) is 7.63. The van der Waals surface area contributed by atoms with Crippen molar-refractivity contribution in [2.75, 3.05) is 7.11 Å². The Morgan fingerprint density at radius 2 is 1.84 bits per heavy atom. The van der Waals surface area contributed by atoms with E-state index >= 15 is 0 Å². The number of carbonyl (C=O) groups is 1. The predicted octanol–water partition coefficient (Wildman–Crippen LogP) is 3.20. The Kier molecular flexibility index (Phi) is 5.11. The minimum atomic E-state index is -0.466. The van der Waals surface area contributed by atoms with Crippen molar-refractivity contribution >= 4 is 5.97 Å². The molecule has 3 rings (SSSR count). The third-order valence-corrected chi connectivity index (χ3v) is 3.66. The molecule has 0 bridgehead atoms. The van der Waals surface area contributed by atoms with E-state index in [9.17, 15) is 4.79 Å². The number of aliphatic hydroxyl groups is 1. The van der Waals surface area contributed by atoms with Crippen LogP contribution in [0.2, 0.25) is 0 Å². The fourth-order valence-electron chi connectivity index (χ4n) is 2.25. The van der Waals surface area contributed by atoms with E-state index in [0.717, 1.165) is 16.9 Å². The third kappa shape index (κ3) is 4.05. The summed E-state index contributed by atoms with van der Waals surface area (Å²) in [5.74, 6) is 0.742. The van der Waals surface area contributed by atoms with Gasteiger partial charge in [0.1, 0.15) is 11.4 Å². The van der Waals surface area contributed by atoms with Gasteiger partial charge in [0.25, 0.3) is 0 Å². The summed E-state index contributed by atoms with van der Waals surface area (Å²) in [6.07, 6.45) is 0. The average Bonchev–Trinajstić information content (AvgIpc) is 3.15. The van der Waals surface area contributed by atoms with Crippen molar-refractivity contribution in [1.82, 2.24) is 5.16 Å². The van der Waals surface area contributed by atoms with Crippen molar-refractivity contribution in [2.45, 2.75) is 13.2 Å². The Bertz CT molecular complexity index is 837. The molecule has 6 heteroatoms. The van der Waals surface area contributed by atoms with E-state index in [1.807, 2.05) is 24.3 Å². The zero-order chi connectivity index (χ0) is 17.6. The fourth-order valence-corrected chi connectivity index (χ4v) is 2.25. The lowest BCUT2D eigenvalue weighted by Gasteiger charge is -2.03. The van der Waals surface area contributed by atoms with Crippen LogP contribution in [0.25, 0.3) is 11.3 Å². The zero-order valence-corrected chi connectivity index (χ0v) is 13.6. The maximum absolute atomic E-state index is 12.0. The summed E-state index contributed by atoms with van der Waals surface area (Å²) in [6.45, 7) is -0.0781. The topological polar surface area (TPSA) is 81.8 Å². The second-order valence-electron chi connectivity index (χ2n) is 5.34. The highest BCUT2D eigenvalue weighted by atomic mass is 16.5. The maximum Gasteiger partial charge on any atom is 0.338 e. The number of hydrogen-bond acceptors (Lipinski definition) is 6. The molecule has 0 atom stereocenters. The van der Waals surface area contributed by atoms with Gasteiger partial charge in [-0.05, 0) is 42.0 Å². The predicted molar refractivity (Wildman–Crippen MR) is 90.0 cm³/mol. The number of nitrogens with zero attached hydrogens (tertiary/aromatic N) is 1. The minimum absolute atomic E-state index is 0.0102. The zero-order valence-electron chi connectivity index (χ0n) is 13.6. The Balaban J connectivity index is 1.61. The SMILES string of the molecule is COc1ccc(-c2cc(COC(=O)c3ccc(CO)cc3)on2)cc1. The molecule has 0 aliphatic rings. The van der Waals surface area contributed by atoms with E-state index in [0.29, 0.717) is 17.0 Å². The normalized spacial score (nSPS) is 10.5. The van der Waals surface area contributed by atoms with Gasteiger partial charge >= 0.3 is 5.97 Å². The van der Waals surface area contributed by atoms with Crippen molar-refractivity contribution < 1.29 is 23.9 Å². The quantitative estimate of drug-likeness (QED) is 0.695. The number of benzene rings is 2. The van der Waals surface area contributed by atoms with Crippen molar-refractivity contribution in [2.24, 2.45) is 0 Å². The average molecular weight is 339 g/mol. The molecule has 0 saturated carbocycles. The van der Waals surface area contributed by atoms with Gasteiger partial charge in [-0.1, -0.05) is 17.3 Å². The molecule has 0 amide bonds. The van der Waals surface area contributed by atoms with Crippen LogP contribution < -0.4 is 4.74 Å². The number of rotatable bonds is 6. The lowest BCUT2D eigenvalue weighted by molar-refractivity contribution is 0.0437.